The Kier molecular flexibility index (Phi) is 3.81. The predicted molar refractivity (Wildman–Crippen MR) is 90.8 cm³/mol. The fourth-order valence-electron chi connectivity index (χ4n) is 2.63. The molecule has 2 aromatic heterocycles. The summed E-state index contributed by atoms with van der Waals surface area (Å²) in [6.45, 7) is 0.258. The number of aryl methyl sites for hydroxylation is 1. The molecule has 0 spiro atoms. The summed E-state index contributed by atoms with van der Waals surface area (Å²) in [6.07, 6.45) is 1.63. The SMILES string of the molecule is O=C(CCn1cnc2ccccc2c1=O)Nc1onc2c1CSC2. The normalized spacial score (nSPS) is 13.2. The molecule has 1 N–H and O–H groups in total. The molecule has 0 atom stereocenters. The van der Waals surface area contributed by atoms with Gasteiger partial charge in [0.25, 0.3) is 5.56 Å². The van der Waals surface area contributed by atoms with Crippen LogP contribution in [0.4, 0.5) is 5.88 Å². The van der Waals surface area contributed by atoms with Crippen LogP contribution in [0.15, 0.2) is 39.9 Å². The third kappa shape index (κ3) is 2.69. The highest BCUT2D eigenvalue weighted by atomic mass is 32.2. The summed E-state index contributed by atoms with van der Waals surface area (Å²) in [5, 5.41) is 7.22. The number of benzene rings is 1. The first-order chi connectivity index (χ1) is 11.7. The Morgan fingerprint density at radius 3 is 3.12 bits per heavy atom. The van der Waals surface area contributed by atoms with Gasteiger partial charge in [0.1, 0.15) is 0 Å². The quantitative estimate of drug-likeness (QED) is 0.781. The number of nitrogens with one attached hydrogen (secondary N) is 1. The van der Waals surface area contributed by atoms with Crippen molar-refractivity contribution in [3.63, 3.8) is 0 Å². The first-order valence-corrected chi connectivity index (χ1v) is 8.67. The van der Waals surface area contributed by atoms with Crippen molar-refractivity contribution in [1.29, 1.82) is 0 Å². The molecule has 1 aromatic carbocycles. The van der Waals surface area contributed by atoms with Crippen LogP contribution in [0.5, 0.6) is 0 Å². The number of hydrogen-bond donors (Lipinski definition) is 1. The molecule has 0 fully saturated rings. The van der Waals surface area contributed by atoms with Gasteiger partial charge in [0.2, 0.25) is 11.8 Å². The predicted octanol–water partition coefficient (Wildman–Crippen LogP) is 2.16. The molecular formula is C16H14N4O3S. The molecule has 0 unspecified atom stereocenters. The first kappa shape index (κ1) is 14.9. The van der Waals surface area contributed by atoms with E-state index in [1.807, 2.05) is 6.07 Å². The summed E-state index contributed by atoms with van der Waals surface area (Å²) in [7, 11) is 0. The molecule has 1 amide bonds. The highest BCUT2D eigenvalue weighted by Gasteiger charge is 2.22. The second-order valence-corrected chi connectivity index (χ2v) is 6.47. The maximum atomic E-state index is 12.4. The van der Waals surface area contributed by atoms with Crippen LogP contribution >= 0.6 is 11.8 Å². The number of carbonyl (C=O) groups excluding carboxylic acids is 1. The Hall–Kier alpha value is -2.61. The Labute approximate surface area is 141 Å². The van der Waals surface area contributed by atoms with E-state index in [1.54, 1.807) is 30.0 Å². The summed E-state index contributed by atoms with van der Waals surface area (Å²) in [5.74, 6) is 1.81. The second-order valence-electron chi connectivity index (χ2n) is 5.49. The zero-order chi connectivity index (χ0) is 16.5. The minimum absolute atomic E-state index is 0.148. The molecule has 24 heavy (non-hydrogen) atoms. The van der Waals surface area contributed by atoms with Crippen molar-refractivity contribution < 1.29 is 9.32 Å². The van der Waals surface area contributed by atoms with Gasteiger partial charge in [-0.2, -0.15) is 11.8 Å². The number of amides is 1. The van der Waals surface area contributed by atoms with E-state index in [1.165, 1.54) is 10.9 Å². The van der Waals surface area contributed by atoms with E-state index in [0.29, 0.717) is 16.8 Å². The Bertz CT molecular complexity index is 979. The number of nitrogens with zero attached hydrogens (tertiary/aromatic N) is 3. The topological polar surface area (TPSA) is 90.0 Å². The largest absolute Gasteiger partial charge is 0.338 e. The highest BCUT2D eigenvalue weighted by Crippen LogP contribution is 2.34. The van der Waals surface area contributed by atoms with E-state index < -0.39 is 0 Å². The number of fused-ring (bicyclic) bond motifs is 2. The van der Waals surface area contributed by atoms with Crippen LogP contribution in [0.1, 0.15) is 17.7 Å². The molecule has 1 aliphatic rings. The van der Waals surface area contributed by atoms with Crippen molar-refractivity contribution in [1.82, 2.24) is 14.7 Å². The van der Waals surface area contributed by atoms with E-state index in [4.69, 9.17) is 4.52 Å². The van der Waals surface area contributed by atoms with E-state index in [0.717, 1.165) is 22.8 Å². The van der Waals surface area contributed by atoms with Crippen molar-refractivity contribution in [2.24, 2.45) is 0 Å². The molecule has 0 saturated heterocycles. The van der Waals surface area contributed by atoms with Gasteiger partial charge in [-0.25, -0.2) is 4.98 Å². The third-order valence-electron chi connectivity index (χ3n) is 3.92. The average molecular weight is 342 g/mol. The molecule has 0 radical (unpaired) electrons. The van der Waals surface area contributed by atoms with Crippen LogP contribution in [0.3, 0.4) is 0 Å². The average Bonchev–Trinajstić information content (AvgIpc) is 3.20. The molecule has 3 aromatic rings. The number of thioether (sulfide) groups is 1. The smallest absolute Gasteiger partial charge is 0.261 e. The van der Waals surface area contributed by atoms with Crippen LogP contribution in [-0.2, 0) is 22.8 Å². The lowest BCUT2D eigenvalue weighted by Crippen LogP contribution is -2.23. The van der Waals surface area contributed by atoms with Crippen LogP contribution in [0.25, 0.3) is 10.9 Å². The lowest BCUT2D eigenvalue weighted by Gasteiger charge is -2.06. The number of rotatable bonds is 4. The van der Waals surface area contributed by atoms with Crippen molar-refractivity contribution in [3.8, 4) is 0 Å². The van der Waals surface area contributed by atoms with Gasteiger partial charge in [-0.1, -0.05) is 17.3 Å². The van der Waals surface area contributed by atoms with Crippen LogP contribution in [-0.4, -0.2) is 20.6 Å². The Morgan fingerprint density at radius 2 is 2.21 bits per heavy atom. The number of hydrogen-bond acceptors (Lipinski definition) is 6. The molecule has 0 bridgehead atoms. The van der Waals surface area contributed by atoms with Crippen LogP contribution in [0, 0.1) is 0 Å². The highest BCUT2D eigenvalue weighted by molar-refractivity contribution is 7.98. The minimum atomic E-state index is -0.217. The fraction of sp³-hybridized carbons (Fsp3) is 0.250. The van der Waals surface area contributed by atoms with Crippen molar-refractivity contribution in [2.75, 3.05) is 5.32 Å². The minimum Gasteiger partial charge on any atom is -0.338 e. The lowest BCUT2D eigenvalue weighted by atomic mass is 10.2. The van der Waals surface area contributed by atoms with Crippen molar-refractivity contribution >= 4 is 34.5 Å². The van der Waals surface area contributed by atoms with Crippen molar-refractivity contribution in [2.45, 2.75) is 24.5 Å². The van der Waals surface area contributed by atoms with Crippen LogP contribution < -0.4 is 10.9 Å². The second kappa shape index (κ2) is 6.12. The molecule has 0 aliphatic carbocycles. The zero-order valence-electron chi connectivity index (χ0n) is 12.7. The maximum absolute atomic E-state index is 12.4. The van der Waals surface area contributed by atoms with Crippen LogP contribution in [0.2, 0.25) is 0 Å². The van der Waals surface area contributed by atoms with Gasteiger partial charge in [-0.05, 0) is 12.1 Å². The Balaban J connectivity index is 1.46. The standard InChI is InChI=1S/C16H14N4O3S/c21-14(18-15-11-7-24-8-13(11)19-23-15)5-6-20-9-17-12-4-2-1-3-10(12)16(20)22/h1-4,9H,5-8H2,(H,18,21). The number of anilines is 1. The van der Waals surface area contributed by atoms with Gasteiger partial charge in [0.05, 0.1) is 28.5 Å². The van der Waals surface area contributed by atoms with E-state index in [-0.39, 0.29) is 24.4 Å². The van der Waals surface area contributed by atoms with Gasteiger partial charge in [-0.3, -0.25) is 19.5 Å². The van der Waals surface area contributed by atoms with E-state index in [2.05, 4.69) is 15.5 Å². The lowest BCUT2D eigenvalue weighted by molar-refractivity contribution is -0.116. The van der Waals surface area contributed by atoms with Gasteiger partial charge >= 0.3 is 0 Å². The van der Waals surface area contributed by atoms with E-state index >= 15 is 0 Å². The molecule has 3 heterocycles. The molecule has 1 aliphatic heterocycles. The third-order valence-corrected chi connectivity index (χ3v) is 4.89. The van der Waals surface area contributed by atoms with Gasteiger partial charge in [-0.15, -0.1) is 0 Å². The fourth-order valence-corrected chi connectivity index (χ4v) is 3.65. The number of aromatic nitrogens is 3. The number of para-hydroxylation sites is 1. The molecule has 7 nitrogen and oxygen atoms in total. The molecule has 8 heteroatoms. The maximum Gasteiger partial charge on any atom is 0.261 e. The summed E-state index contributed by atoms with van der Waals surface area (Å²) in [6, 6.07) is 7.15. The van der Waals surface area contributed by atoms with Gasteiger partial charge in [0.15, 0.2) is 0 Å². The molecular weight excluding hydrogens is 328 g/mol. The van der Waals surface area contributed by atoms with E-state index in [9.17, 15) is 9.59 Å². The monoisotopic (exact) mass is 342 g/mol. The summed E-state index contributed by atoms with van der Waals surface area (Å²) in [4.78, 5) is 28.7. The zero-order valence-corrected chi connectivity index (χ0v) is 13.5. The molecule has 4 rings (SSSR count). The molecule has 122 valence electrons. The summed E-state index contributed by atoms with van der Waals surface area (Å²) < 4.78 is 6.61. The first-order valence-electron chi connectivity index (χ1n) is 7.51. The summed E-state index contributed by atoms with van der Waals surface area (Å²) in [5.41, 5.74) is 2.35. The molecule has 0 saturated carbocycles. The Morgan fingerprint density at radius 1 is 1.33 bits per heavy atom. The van der Waals surface area contributed by atoms with Gasteiger partial charge < -0.3 is 4.52 Å². The van der Waals surface area contributed by atoms with Crippen molar-refractivity contribution in [3.05, 3.63) is 52.2 Å². The summed E-state index contributed by atoms with van der Waals surface area (Å²) >= 11 is 1.74. The van der Waals surface area contributed by atoms with Gasteiger partial charge in [0, 0.05) is 24.5 Å². The number of carbonyl (C=O) groups is 1.